The number of aryl methyl sites for hydroxylation is 1. The minimum atomic E-state index is -0.624. The van der Waals surface area contributed by atoms with E-state index in [-0.39, 0.29) is 5.82 Å². The average Bonchev–Trinajstić information content (AvgIpc) is 2.39. The molecule has 0 aliphatic rings. The first kappa shape index (κ1) is 14.3. The van der Waals surface area contributed by atoms with Crippen molar-refractivity contribution in [1.29, 1.82) is 0 Å². The molecule has 0 atom stereocenters. The number of rotatable bonds is 5. The van der Waals surface area contributed by atoms with E-state index in [0.717, 1.165) is 6.07 Å². The van der Waals surface area contributed by atoms with Crippen LogP contribution in [0, 0.1) is 17.5 Å². The van der Waals surface area contributed by atoms with Crippen LogP contribution < -0.4 is 5.32 Å². The minimum absolute atomic E-state index is 0.105. The summed E-state index contributed by atoms with van der Waals surface area (Å²) < 4.78 is 39.8. The number of anilines is 1. The zero-order valence-corrected chi connectivity index (χ0v) is 11.0. The van der Waals surface area contributed by atoms with Crippen LogP contribution >= 0.6 is 0 Å². The lowest BCUT2D eigenvalue weighted by molar-refractivity contribution is 0.579. The summed E-state index contributed by atoms with van der Waals surface area (Å²) in [5.41, 5.74) is 0.833. The van der Waals surface area contributed by atoms with E-state index >= 15 is 0 Å². The third-order valence-corrected chi connectivity index (χ3v) is 2.83. The molecule has 6 heteroatoms. The molecule has 106 valence electrons. The van der Waals surface area contributed by atoms with Crippen LogP contribution in [0.1, 0.15) is 18.2 Å². The molecule has 1 aromatic heterocycles. The Hall–Kier alpha value is -2.11. The van der Waals surface area contributed by atoms with E-state index in [1.54, 1.807) is 6.92 Å². The lowest BCUT2D eigenvalue weighted by atomic mass is 10.1. The predicted molar refractivity (Wildman–Crippen MR) is 69.9 cm³/mol. The largest absolute Gasteiger partial charge is 0.367 e. The fraction of sp³-hybridized carbons (Fsp3) is 0.286. The van der Waals surface area contributed by atoms with Crippen LogP contribution in [0.2, 0.25) is 0 Å². The van der Waals surface area contributed by atoms with Crippen molar-refractivity contribution in [2.24, 2.45) is 0 Å². The maximum atomic E-state index is 13.8. The molecule has 0 radical (unpaired) electrons. The smallest absolute Gasteiger partial charge is 0.186 e. The summed E-state index contributed by atoms with van der Waals surface area (Å²) in [6, 6.07) is 3.31. The van der Waals surface area contributed by atoms with Crippen LogP contribution in [0.3, 0.4) is 0 Å². The van der Waals surface area contributed by atoms with Gasteiger partial charge in [-0.15, -0.1) is 0 Å². The van der Waals surface area contributed by atoms with Gasteiger partial charge in [-0.1, -0.05) is 6.92 Å². The van der Waals surface area contributed by atoms with Gasteiger partial charge in [0.05, 0.1) is 5.69 Å². The first-order valence-electron chi connectivity index (χ1n) is 6.28. The van der Waals surface area contributed by atoms with Crippen molar-refractivity contribution >= 4 is 5.82 Å². The molecule has 3 nitrogen and oxygen atoms in total. The van der Waals surface area contributed by atoms with Gasteiger partial charge in [0.25, 0.3) is 0 Å². The number of aromatic nitrogens is 2. The van der Waals surface area contributed by atoms with Crippen molar-refractivity contribution in [3.05, 3.63) is 53.2 Å². The Morgan fingerprint density at radius 1 is 1.05 bits per heavy atom. The fourth-order valence-corrected chi connectivity index (χ4v) is 1.86. The van der Waals surface area contributed by atoms with Crippen molar-refractivity contribution < 1.29 is 13.2 Å². The Balaban J connectivity index is 1.99. The van der Waals surface area contributed by atoms with Gasteiger partial charge in [-0.2, -0.15) is 0 Å². The summed E-state index contributed by atoms with van der Waals surface area (Å²) >= 11 is 0. The molecule has 1 N–H and O–H groups in total. The highest BCUT2D eigenvalue weighted by Gasteiger charge is 2.09. The molecular formula is C14H14F3N3. The molecule has 2 aromatic rings. The van der Waals surface area contributed by atoms with E-state index in [9.17, 15) is 13.2 Å². The summed E-state index contributed by atoms with van der Waals surface area (Å²) in [5, 5.41) is 2.80. The summed E-state index contributed by atoms with van der Waals surface area (Å²) in [7, 11) is 0. The maximum Gasteiger partial charge on any atom is 0.186 e. The SMILES string of the molecule is CCc1ncnc(NCCc2cc(F)cc(F)c2)c1F. The Morgan fingerprint density at radius 3 is 2.40 bits per heavy atom. The summed E-state index contributed by atoms with van der Waals surface area (Å²) in [4.78, 5) is 7.63. The number of nitrogens with one attached hydrogen (secondary N) is 1. The second-order valence-electron chi connectivity index (χ2n) is 4.29. The maximum absolute atomic E-state index is 13.8. The molecule has 0 fully saturated rings. The molecule has 0 aliphatic carbocycles. The molecule has 1 heterocycles. The molecule has 0 spiro atoms. The van der Waals surface area contributed by atoms with Crippen LogP contribution in [0.5, 0.6) is 0 Å². The quantitative estimate of drug-likeness (QED) is 0.915. The highest BCUT2D eigenvalue weighted by atomic mass is 19.1. The first-order chi connectivity index (χ1) is 9.60. The first-order valence-corrected chi connectivity index (χ1v) is 6.28. The Labute approximate surface area is 114 Å². The number of hydrogen-bond donors (Lipinski definition) is 1. The van der Waals surface area contributed by atoms with Crippen molar-refractivity contribution in [3.8, 4) is 0 Å². The van der Waals surface area contributed by atoms with Gasteiger partial charge >= 0.3 is 0 Å². The van der Waals surface area contributed by atoms with Crippen LogP contribution in [-0.4, -0.2) is 16.5 Å². The molecule has 0 saturated heterocycles. The Bertz CT molecular complexity index is 582. The van der Waals surface area contributed by atoms with Crippen LogP contribution in [0.4, 0.5) is 19.0 Å². The normalized spacial score (nSPS) is 10.6. The standard InChI is InChI=1S/C14H14F3N3/c1-2-12-13(17)14(20-8-19-12)18-4-3-9-5-10(15)7-11(16)6-9/h5-8H,2-4H2,1H3,(H,18,19,20). The lowest BCUT2D eigenvalue weighted by Gasteiger charge is -2.08. The number of hydrogen-bond acceptors (Lipinski definition) is 3. The van der Waals surface area contributed by atoms with E-state index in [2.05, 4.69) is 15.3 Å². The van der Waals surface area contributed by atoms with Crippen molar-refractivity contribution in [3.63, 3.8) is 0 Å². The monoisotopic (exact) mass is 281 g/mol. The van der Waals surface area contributed by atoms with Crippen molar-refractivity contribution in [2.45, 2.75) is 19.8 Å². The van der Waals surface area contributed by atoms with Crippen LogP contribution in [0.25, 0.3) is 0 Å². The number of halogens is 3. The van der Waals surface area contributed by atoms with Gasteiger partial charge in [-0.25, -0.2) is 23.1 Å². The van der Waals surface area contributed by atoms with Crippen LogP contribution in [0.15, 0.2) is 24.5 Å². The van der Waals surface area contributed by atoms with Crippen LogP contribution in [-0.2, 0) is 12.8 Å². The van der Waals surface area contributed by atoms with Gasteiger partial charge in [-0.3, -0.25) is 0 Å². The van der Waals surface area contributed by atoms with Crippen molar-refractivity contribution in [2.75, 3.05) is 11.9 Å². The van der Waals surface area contributed by atoms with Crippen molar-refractivity contribution in [1.82, 2.24) is 9.97 Å². The van der Waals surface area contributed by atoms with Gasteiger partial charge in [0, 0.05) is 12.6 Å². The lowest BCUT2D eigenvalue weighted by Crippen LogP contribution is -2.10. The number of nitrogens with zero attached hydrogens (tertiary/aromatic N) is 2. The minimum Gasteiger partial charge on any atom is -0.367 e. The van der Waals surface area contributed by atoms with E-state index < -0.39 is 17.5 Å². The molecule has 0 aliphatic heterocycles. The van der Waals surface area contributed by atoms with E-state index in [1.807, 2.05) is 0 Å². The Morgan fingerprint density at radius 2 is 1.75 bits per heavy atom. The second kappa shape index (κ2) is 6.36. The predicted octanol–water partition coefficient (Wildman–Crippen LogP) is 3.11. The Kier molecular flexibility index (Phi) is 4.55. The van der Waals surface area contributed by atoms with Gasteiger partial charge in [0.2, 0.25) is 0 Å². The average molecular weight is 281 g/mol. The zero-order chi connectivity index (χ0) is 14.5. The molecule has 20 heavy (non-hydrogen) atoms. The highest BCUT2D eigenvalue weighted by Crippen LogP contribution is 2.14. The van der Waals surface area contributed by atoms with E-state index in [0.29, 0.717) is 30.6 Å². The molecule has 0 bridgehead atoms. The molecule has 0 saturated carbocycles. The van der Waals surface area contributed by atoms with Gasteiger partial charge in [-0.05, 0) is 30.5 Å². The van der Waals surface area contributed by atoms with Gasteiger partial charge in [0.1, 0.15) is 18.0 Å². The molecule has 0 amide bonds. The second-order valence-corrected chi connectivity index (χ2v) is 4.29. The molecular weight excluding hydrogens is 267 g/mol. The molecule has 0 unspecified atom stereocenters. The molecule has 2 rings (SSSR count). The fourth-order valence-electron chi connectivity index (χ4n) is 1.86. The summed E-state index contributed by atoms with van der Waals surface area (Å²) in [6.07, 6.45) is 2.11. The topological polar surface area (TPSA) is 37.8 Å². The third-order valence-electron chi connectivity index (χ3n) is 2.83. The van der Waals surface area contributed by atoms with Gasteiger partial charge in [0.15, 0.2) is 11.6 Å². The summed E-state index contributed by atoms with van der Waals surface area (Å²) in [6.45, 7) is 2.12. The number of benzene rings is 1. The van der Waals surface area contributed by atoms with Gasteiger partial charge < -0.3 is 5.32 Å². The highest BCUT2D eigenvalue weighted by molar-refractivity contribution is 5.37. The molecule has 1 aromatic carbocycles. The van der Waals surface area contributed by atoms with E-state index in [1.165, 1.54) is 18.5 Å². The zero-order valence-electron chi connectivity index (χ0n) is 11.0. The third kappa shape index (κ3) is 3.46. The summed E-state index contributed by atoms with van der Waals surface area (Å²) in [5.74, 6) is -1.63. The van der Waals surface area contributed by atoms with E-state index in [4.69, 9.17) is 0 Å².